The van der Waals surface area contributed by atoms with E-state index in [1.807, 2.05) is 0 Å². The summed E-state index contributed by atoms with van der Waals surface area (Å²) in [5.41, 5.74) is 0. The third-order valence-corrected chi connectivity index (χ3v) is 3.89. The van der Waals surface area contributed by atoms with Crippen molar-refractivity contribution in [3.63, 3.8) is 0 Å². The highest BCUT2D eigenvalue weighted by atomic mass is 16.2. The van der Waals surface area contributed by atoms with Gasteiger partial charge < -0.3 is 15.5 Å². The number of hydrogen-bond donors (Lipinski definition) is 2. The van der Waals surface area contributed by atoms with Gasteiger partial charge in [0.05, 0.1) is 6.54 Å². The number of carbonyl (C=O) groups excluding carboxylic acids is 2. The smallest absolute Gasteiger partial charge is 0.239 e. The van der Waals surface area contributed by atoms with Crippen molar-refractivity contribution < 1.29 is 9.59 Å². The number of nitrogens with zero attached hydrogens (tertiary/aromatic N) is 1. The van der Waals surface area contributed by atoms with Gasteiger partial charge in [0.25, 0.3) is 0 Å². The Morgan fingerprint density at radius 3 is 3.06 bits per heavy atom. The van der Waals surface area contributed by atoms with Gasteiger partial charge >= 0.3 is 0 Å². The Kier molecular flexibility index (Phi) is 4.58. The standard InChI is InChI=1S/C13H23N3O2/c1-10-8-14-6-5-11(10)15-12(17)9-16-7-3-2-4-13(16)18/h10-11,14H,2-9H2,1H3,(H,15,17). The van der Waals surface area contributed by atoms with Crippen LogP contribution in [0.5, 0.6) is 0 Å². The molecule has 0 bridgehead atoms. The maximum atomic E-state index is 11.9. The number of rotatable bonds is 3. The average molecular weight is 253 g/mol. The van der Waals surface area contributed by atoms with Gasteiger partial charge in [-0.2, -0.15) is 0 Å². The summed E-state index contributed by atoms with van der Waals surface area (Å²) in [5.74, 6) is 0.568. The fourth-order valence-corrected chi connectivity index (χ4v) is 2.68. The Labute approximate surface area is 108 Å². The molecule has 2 aliphatic heterocycles. The minimum Gasteiger partial charge on any atom is -0.351 e. The van der Waals surface area contributed by atoms with Crippen molar-refractivity contribution in [2.45, 2.75) is 38.6 Å². The van der Waals surface area contributed by atoms with Crippen molar-refractivity contribution in [3.8, 4) is 0 Å². The van der Waals surface area contributed by atoms with E-state index in [1.165, 1.54) is 0 Å². The van der Waals surface area contributed by atoms with Crippen LogP contribution >= 0.6 is 0 Å². The van der Waals surface area contributed by atoms with Crippen LogP contribution in [0.1, 0.15) is 32.6 Å². The molecule has 102 valence electrons. The van der Waals surface area contributed by atoms with Crippen LogP contribution in [0.15, 0.2) is 0 Å². The summed E-state index contributed by atoms with van der Waals surface area (Å²) in [7, 11) is 0. The van der Waals surface area contributed by atoms with Crippen molar-refractivity contribution >= 4 is 11.8 Å². The molecular formula is C13H23N3O2. The summed E-state index contributed by atoms with van der Waals surface area (Å²) in [4.78, 5) is 25.3. The van der Waals surface area contributed by atoms with Gasteiger partial charge in [0.1, 0.15) is 0 Å². The molecule has 0 radical (unpaired) electrons. The van der Waals surface area contributed by atoms with Crippen molar-refractivity contribution in [1.82, 2.24) is 15.5 Å². The number of hydrogen-bond acceptors (Lipinski definition) is 3. The first-order valence-electron chi connectivity index (χ1n) is 6.94. The molecule has 5 nitrogen and oxygen atoms in total. The van der Waals surface area contributed by atoms with Crippen LogP contribution in [0.2, 0.25) is 0 Å². The molecule has 2 atom stereocenters. The summed E-state index contributed by atoms with van der Waals surface area (Å²) >= 11 is 0. The summed E-state index contributed by atoms with van der Waals surface area (Å²) in [6, 6.07) is 0.249. The molecule has 2 amide bonds. The number of amides is 2. The molecule has 5 heteroatoms. The molecule has 18 heavy (non-hydrogen) atoms. The molecule has 2 rings (SSSR count). The van der Waals surface area contributed by atoms with Crippen molar-refractivity contribution in [2.24, 2.45) is 5.92 Å². The second kappa shape index (κ2) is 6.18. The zero-order valence-electron chi connectivity index (χ0n) is 11.1. The second-order valence-electron chi connectivity index (χ2n) is 5.42. The first-order chi connectivity index (χ1) is 8.66. The fourth-order valence-electron chi connectivity index (χ4n) is 2.68. The van der Waals surface area contributed by atoms with Gasteiger partial charge in [-0.1, -0.05) is 6.92 Å². The van der Waals surface area contributed by atoms with Crippen LogP contribution in [0, 0.1) is 5.92 Å². The predicted molar refractivity (Wildman–Crippen MR) is 69.0 cm³/mol. The van der Waals surface area contributed by atoms with E-state index >= 15 is 0 Å². The van der Waals surface area contributed by atoms with E-state index in [-0.39, 0.29) is 24.4 Å². The minimum absolute atomic E-state index is 0.0102. The Morgan fingerprint density at radius 1 is 1.50 bits per heavy atom. The molecule has 2 aliphatic rings. The van der Waals surface area contributed by atoms with Crippen molar-refractivity contribution in [1.29, 1.82) is 0 Å². The first-order valence-corrected chi connectivity index (χ1v) is 6.94. The van der Waals surface area contributed by atoms with Crippen LogP contribution in [0.25, 0.3) is 0 Å². The molecule has 0 saturated carbocycles. The zero-order chi connectivity index (χ0) is 13.0. The molecule has 2 heterocycles. The quantitative estimate of drug-likeness (QED) is 0.750. The largest absolute Gasteiger partial charge is 0.351 e. The van der Waals surface area contributed by atoms with Gasteiger partial charge in [0.15, 0.2) is 0 Å². The lowest BCUT2D eigenvalue weighted by molar-refractivity contribution is -0.138. The summed E-state index contributed by atoms with van der Waals surface area (Å²) < 4.78 is 0. The van der Waals surface area contributed by atoms with Crippen LogP contribution in [-0.2, 0) is 9.59 Å². The van der Waals surface area contributed by atoms with Crippen molar-refractivity contribution in [3.05, 3.63) is 0 Å². The molecule has 2 unspecified atom stereocenters. The molecule has 2 saturated heterocycles. The highest BCUT2D eigenvalue weighted by Gasteiger charge is 2.25. The minimum atomic E-state index is -0.0102. The lowest BCUT2D eigenvalue weighted by Gasteiger charge is -2.32. The zero-order valence-corrected chi connectivity index (χ0v) is 11.1. The monoisotopic (exact) mass is 253 g/mol. The van der Waals surface area contributed by atoms with Crippen molar-refractivity contribution in [2.75, 3.05) is 26.2 Å². The van der Waals surface area contributed by atoms with Crippen LogP contribution < -0.4 is 10.6 Å². The predicted octanol–water partition coefficient (Wildman–Crippen LogP) is 0.113. The van der Waals surface area contributed by atoms with E-state index in [1.54, 1.807) is 4.90 Å². The van der Waals surface area contributed by atoms with E-state index in [9.17, 15) is 9.59 Å². The Balaban J connectivity index is 1.78. The molecule has 0 aromatic carbocycles. The molecule has 0 spiro atoms. The van der Waals surface area contributed by atoms with Gasteiger partial charge in [0.2, 0.25) is 11.8 Å². The second-order valence-corrected chi connectivity index (χ2v) is 5.42. The van der Waals surface area contributed by atoms with E-state index in [0.717, 1.165) is 38.9 Å². The Morgan fingerprint density at radius 2 is 2.33 bits per heavy atom. The normalized spacial score (nSPS) is 29.2. The summed E-state index contributed by atoms with van der Waals surface area (Å²) in [5, 5.41) is 6.37. The SMILES string of the molecule is CC1CNCCC1NC(=O)CN1CCCCC1=O. The number of piperidine rings is 2. The van der Waals surface area contributed by atoms with Gasteiger partial charge in [-0.05, 0) is 38.3 Å². The third-order valence-electron chi connectivity index (χ3n) is 3.89. The van der Waals surface area contributed by atoms with Crippen LogP contribution in [-0.4, -0.2) is 48.9 Å². The Bertz CT molecular complexity index is 319. The first kappa shape index (κ1) is 13.3. The number of nitrogens with one attached hydrogen (secondary N) is 2. The third kappa shape index (κ3) is 3.45. The molecule has 2 N–H and O–H groups in total. The maximum absolute atomic E-state index is 11.9. The van der Waals surface area contributed by atoms with Crippen LogP contribution in [0.4, 0.5) is 0 Å². The van der Waals surface area contributed by atoms with Gasteiger partial charge in [0, 0.05) is 19.0 Å². The highest BCUT2D eigenvalue weighted by Crippen LogP contribution is 2.12. The molecule has 2 fully saturated rings. The number of carbonyl (C=O) groups is 2. The molecule has 0 aromatic rings. The molecule has 0 aromatic heterocycles. The fraction of sp³-hybridized carbons (Fsp3) is 0.846. The van der Waals surface area contributed by atoms with Gasteiger partial charge in [-0.25, -0.2) is 0 Å². The van der Waals surface area contributed by atoms with Gasteiger partial charge in [-0.15, -0.1) is 0 Å². The average Bonchev–Trinajstić information content (AvgIpc) is 2.35. The van der Waals surface area contributed by atoms with E-state index in [4.69, 9.17) is 0 Å². The molecule has 0 aliphatic carbocycles. The van der Waals surface area contributed by atoms with E-state index in [2.05, 4.69) is 17.6 Å². The molecular weight excluding hydrogens is 230 g/mol. The van der Waals surface area contributed by atoms with Gasteiger partial charge in [-0.3, -0.25) is 9.59 Å². The maximum Gasteiger partial charge on any atom is 0.239 e. The van der Waals surface area contributed by atoms with E-state index < -0.39 is 0 Å². The van der Waals surface area contributed by atoms with Crippen LogP contribution in [0.3, 0.4) is 0 Å². The summed E-state index contributed by atoms with van der Waals surface area (Å²) in [6.07, 6.45) is 3.54. The number of likely N-dealkylation sites (tertiary alicyclic amines) is 1. The Hall–Kier alpha value is -1.10. The lowest BCUT2D eigenvalue weighted by Crippen LogP contribution is -2.51. The topological polar surface area (TPSA) is 61.4 Å². The lowest BCUT2D eigenvalue weighted by atomic mass is 9.95. The highest BCUT2D eigenvalue weighted by molar-refractivity contribution is 5.85. The van der Waals surface area contributed by atoms with E-state index in [0.29, 0.717) is 12.3 Å². The summed E-state index contributed by atoms with van der Waals surface area (Å²) in [6.45, 7) is 5.01.